The van der Waals surface area contributed by atoms with Crippen molar-refractivity contribution in [2.75, 3.05) is 16.8 Å². The molecule has 0 saturated carbocycles. The van der Waals surface area contributed by atoms with E-state index in [0.29, 0.717) is 5.75 Å². The lowest BCUT2D eigenvalue weighted by Gasteiger charge is -2.06. The Balaban J connectivity index is 2.50. The first-order valence-electron chi connectivity index (χ1n) is 4.96. The van der Waals surface area contributed by atoms with Gasteiger partial charge < -0.3 is 5.32 Å². The second-order valence-electron chi connectivity index (χ2n) is 3.62. The summed E-state index contributed by atoms with van der Waals surface area (Å²) in [6, 6.07) is 2.93. The van der Waals surface area contributed by atoms with Crippen LogP contribution in [-0.2, 0) is 4.79 Å². The van der Waals surface area contributed by atoms with Crippen molar-refractivity contribution < 1.29 is 13.6 Å². The molecular weight excluding hydrogens is 244 g/mol. The van der Waals surface area contributed by atoms with Gasteiger partial charge in [0.2, 0.25) is 5.91 Å². The summed E-state index contributed by atoms with van der Waals surface area (Å²) in [7, 11) is 0. The zero-order valence-electron chi connectivity index (χ0n) is 9.43. The molecule has 0 spiro atoms. The highest BCUT2D eigenvalue weighted by atomic mass is 32.2. The van der Waals surface area contributed by atoms with Gasteiger partial charge >= 0.3 is 0 Å². The molecular formula is C12H13F2NOS. The van der Waals surface area contributed by atoms with E-state index in [1.54, 1.807) is 0 Å². The molecule has 1 N–H and O–H groups in total. The van der Waals surface area contributed by atoms with Crippen LogP contribution in [0.5, 0.6) is 0 Å². The van der Waals surface area contributed by atoms with E-state index in [-0.39, 0.29) is 17.3 Å². The van der Waals surface area contributed by atoms with E-state index < -0.39 is 11.6 Å². The van der Waals surface area contributed by atoms with Crippen LogP contribution in [0.15, 0.2) is 30.4 Å². The van der Waals surface area contributed by atoms with Crippen LogP contribution in [0.4, 0.5) is 14.5 Å². The minimum Gasteiger partial charge on any atom is -0.323 e. The van der Waals surface area contributed by atoms with Crippen LogP contribution in [0.2, 0.25) is 0 Å². The van der Waals surface area contributed by atoms with Gasteiger partial charge in [-0.05, 0) is 19.1 Å². The van der Waals surface area contributed by atoms with E-state index >= 15 is 0 Å². The van der Waals surface area contributed by atoms with Crippen LogP contribution < -0.4 is 5.32 Å². The predicted molar refractivity (Wildman–Crippen MR) is 67.1 cm³/mol. The summed E-state index contributed by atoms with van der Waals surface area (Å²) >= 11 is 1.37. The highest BCUT2D eigenvalue weighted by Gasteiger charge is 2.08. The maximum absolute atomic E-state index is 13.2. The van der Waals surface area contributed by atoms with Crippen LogP contribution in [0.25, 0.3) is 0 Å². The summed E-state index contributed by atoms with van der Waals surface area (Å²) < 4.78 is 26.0. The second kappa shape index (κ2) is 6.39. The van der Waals surface area contributed by atoms with Crippen molar-refractivity contribution in [2.24, 2.45) is 0 Å². The summed E-state index contributed by atoms with van der Waals surface area (Å²) in [5, 5.41) is 2.32. The first-order chi connectivity index (χ1) is 7.99. The molecule has 0 aliphatic rings. The van der Waals surface area contributed by atoms with Crippen molar-refractivity contribution in [3.05, 3.63) is 42.0 Å². The largest absolute Gasteiger partial charge is 0.323 e. The Kier molecular flexibility index (Phi) is 5.15. The number of hydrogen-bond donors (Lipinski definition) is 1. The lowest BCUT2D eigenvalue weighted by Crippen LogP contribution is -2.15. The number of anilines is 1. The molecule has 2 nitrogen and oxygen atoms in total. The van der Waals surface area contributed by atoms with Gasteiger partial charge in [-0.3, -0.25) is 4.79 Å². The Labute approximate surface area is 103 Å². The zero-order chi connectivity index (χ0) is 12.8. The molecule has 1 aromatic carbocycles. The molecule has 5 heteroatoms. The number of carbonyl (C=O) groups is 1. The number of amides is 1. The van der Waals surface area contributed by atoms with E-state index in [4.69, 9.17) is 0 Å². The zero-order valence-corrected chi connectivity index (χ0v) is 10.2. The molecule has 92 valence electrons. The molecule has 0 aliphatic carbocycles. The first-order valence-corrected chi connectivity index (χ1v) is 6.11. The maximum atomic E-state index is 13.2. The molecule has 0 saturated heterocycles. The minimum absolute atomic E-state index is 0.133. The molecule has 0 unspecified atom stereocenters. The summed E-state index contributed by atoms with van der Waals surface area (Å²) in [6.07, 6.45) is 0. The summed E-state index contributed by atoms with van der Waals surface area (Å²) in [4.78, 5) is 11.4. The van der Waals surface area contributed by atoms with Crippen LogP contribution in [0, 0.1) is 11.6 Å². The third-order valence-corrected chi connectivity index (χ3v) is 2.95. The van der Waals surface area contributed by atoms with Crippen molar-refractivity contribution in [1.29, 1.82) is 0 Å². The van der Waals surface area contributed by atoms with Crippen molar-refractivity contribution in [2.45, 2.75) is 6.92 Å². The van der Waals surface area contributed by atoms with Crippen molar-refractivity contribution in [3.8, 4) is 0 Å². The van der Waals surface area contributed by atoms with Crippen LogP contribution in [0.1, 0.15) is 6.92 Å². The average molecular weight is 257 g/mol. The molecule has 0 radical (unpaired) electrons. The van der Waals surface area contributed by atoms with Crippen LogP contribution in [-0.4, -0.2) is 17.4 Å². The van der Waals surface area contributed by atoms with Gasteiger partial charge in [-0.15, -0.1) is 11.8 Å². The lowest BCUT2D eigenvalue weighted by molar-refractivity contribution is -0.113. The van der Waals surface area contributed by atoms with Gasteiger partial charge in [0.05, 0.1) is 11.4 Å². The van der Waals surface area contributed by atoms with Gasteiger partial charge in [0.1, 0.15) is 11.6 Å². The highest BCUT2D eigenvalue weighted by molar-refractivity contribution is 8.00. The Hall–Kier alpha value is -1.36. The highest BCUT2D eigenvalue weighted by Crippen LogP contribution is 2.16. The van der Waals surface area contributed by atoms with E-state index in [1.165, 1.54) is 11.8 Å². The second-order valence-corrected chi connectivity index (χ2v) is 4.61. The van der Waals surface area contributed by atoms with Crippen molar-refractivity contribution in [3.63, 3.8) is 0 Å². The fourth-order valence-corrected chi connectivity index (χ4v) is 1.81. The third kappa shape index (κ3) is 4.99. The number of benzene rings is 1. The van der Waals surface area contributed by atoms with Gasteiger partial charge in [-0.2, -0.15) is 0 Å². The molecule has 0 atom stereocenters. The molecule has 0 aromatic heterocycles. The Morgan fingerprint density at radius 2 is 2.12 bits per heavy atom. The van der Waals surface area contributed by atoms with E-state index in [2.05, 4.69) is 11.9 Å². The molecule has 1 aromatic rings. The number of carbonyl (C=O) groups excluding carboxylic acids is 1. The smallest absolute Gasteiger partial charge is 0.234 e. The summed E-state index contributed by atoms with van der Waals surface area (Å²) in [6.45, 7) is 5.56. The SMILES string of the molecule is C=C(C)CSCC(=O)Nc1cc(F)ccc1F. The van der Waals surface area contributed by atoms with Gasteiger partial charge in [0, 0.05) is 11.8 Å². The fraction of sp³-hybridized carbons (Fsp3) is 0.250. The topological polar surface area (TPSA) is 29.1 Å². The van der Waals surface area contributed by atoms with E-state index in [1.807, 2.05) is 6.92 Å². The van der Waals surface area contributed by atoms with Crippen LogP contribution >= 0.6 is 11.8 Å². The van der Waals surface area contributed by atoms with Crippen molar-refractivity contribution >= 4 is 23.4 Å². The number of rotatable bonds is 5. The molecule has 1 rings (SSSR count). The van der Waals surface area contributed by atoms with Crippen molar-refractivity contribution in [1.82, 2.24) is 0 Å². The standard InChI is InChI=1S/C12H13F2NOS/c1-8(2)6-17-7-12(16)15-11-5-9(13)3-4-10(11)14/h3-5H,1,6-7H2,2H3,(H,15,16). The van der Waals surface area contributed by atoms with Gasteiger partial charge in [0.15, 0.2) is 0 Å². The van der Waals surface area contributed by atoms with Gasteiger partial charge in [-0.25, -0.2) is 8.78 Å². The first kappa shape index (κ1) is 13.7. The lowest BCUT2D eigenvalue weighted by atomic mass is 10.3. The number of thioether (sulfide) groups is 1. The third-order valence-electron chi connectivity index (χ3n) is 1.78. The molecule has 0 fully saturated rings. The molecule has 1 amide bonds. The maximum Gasteiger partial charge on any atom is 0.234 e. The quantitative estimate of drug-likeness (QED) is 0.821. The number of hydrogen-bond acceptors (Lipinski definition) is 2. The molecule has 0 bridgehead atoms. The van der Waals surface area contributed by atoms with E-state index in [0.717, 1.165) is 23.8 Å². The average Bonchev–Trinajstić information content (AvgIpc) is 2.23. The summed E-state index contributed by atoms with van der Waals surface area (Å²) in [5.74, 6) is -0.747. The molecule has 0 aliphatic heterocycles. The predicted octanol–water partition coefficient (Wildman–Crippen LogP) is 3.21. The Morgan fingerprint density at radius 1 is 1.41 bits per heavy atom. The van der Waals surface area contributed by atoms with E-state index in [9.17, 15) is 13.6 Å². The fourth-order valence-electron chi connectivity index (χ4n) is 1.10. The Morgan fingerprint density at radius 3 is 2.76 bits per heavy atom. The summed E-state index contributed by atoms with van der Waals surface area (Å²) in [5.41, 5.74) is 0.825. The normalized spacial score (nSPS) is 10.1. The Bertz CT molecular complexity index is 435. The van der Waals surface area contributed by atoms with Gasteiger partial charge in [0.25, 0.3) is 0 Å². The van der Waals surface area contributed by atoms with Gasteiger partial charge in [-0.1, -0.05) is 12.2 Å². The monoisotopic (exact) mass is 257 g/mol. The number of nitrogens with one attached hydrogen (secondary N) is 1. The molecule has 0 heterocycles. The number of halogens is 2. The van der Waals surface area contributed by atoms with Crippen LogP contribution in [0.3, 0.4) is 0 Å². The minimum atomic E-state index is -0.648. The molecule has 17 heavy (non-hydrogen) atoms.